The Hall–Kier alpha value is -0.750. The Morgan fingerprint density at radius 1 is 0.667 bits per heavy atom. The molecule has 0 heterocycles. The van der Waals surface area contributed by atoms with Crippen molar-refractivity contribution in [2.75, 3.05) is 0 Å². The van der Waals surface area contributed by atoms with Gasteiger partial charge >= 0.3 is 0 Å². The van der Waals surface area contributed by atoms with Crippen LogP contribution < -0.4 is 0 Å². The monoisotopic (exact) mass is 308 g/mol. The van der Waals surface area contributed by atoms with Crippen LogP contribution in [0.1, 0.15) is 80.1 Å². The number of halogens is 1. The first-order valence-corrected chi connectivity index (χ1v) is 8.47. The Bertz CT molecular complexity index is 411. The molecular formula is C20H33Cl. The average molecular weight is 309 g/mol. The zero-order valence-corrected chi connectivity index (χ0v) is 15.6. The molecule has 0 amide bonds. The van der Waals surface area contributed by atoms with Gasteiger partial charge < -0.3 is 0 Å². The van der Waals surface area contributed by atoms with Crippen LogP contribution in [-0.4, -0.2) is 0 Å². The second kappa shape index (κ2) is 11.9. The maximum Gasteiger partial charge on any atom is 0.0139 e. The van der Waals surface area contributed by atoms with Gasteiger partial charge in [-0.1, -0.05) is 52.1 Å². The summed E-state index contributed by atoms with van der Waals surface area (Å²) in [6.45, 7) is 12.9. The lowest BCUT2D eigenvalue weighted by Gasteiger charge is -2.03. The maximum atomic E-state index is 5.97. The first-order chi connectivity index (χ1) is 9.82. The van der Waals surface area contributed by atoms with Crippen LogP contribution in [0.2, 0.25) is 0 Å². The number of hydrogen-bond acceptors (Lipinski definition) is 0. The summed E-state index contributed by atoms with van der Waals surface area (Å²) in [4.78, 5) is 0. The van der Waals surface area contributed by atoms with Crippen molar-refractivity contribution in [3.8, 4) is 0 Å². The fraction of sp³-hybridized carbons (Fsp3) is 0.600. The minimum Gasteiger partial charge on any atom is -0.0895 e. The molecule has 0 bridgehead atoms. The Morgan fingerprint density at radius 2 is 1.10 bits per heavy atom. The quantitative estimate of drug-likeness (QED) is 0.382. The molecule has 1 heteroatoms. The van der Waals surface area contributed by atoms with Crippen LogP contribution in [0, 0.1) is 0 Å². The zero-order chi connectivity index (χ0) is 16.3. The lowest BCUT2D eigenvalue weighted by atomic mass is 10.0. The van der Waals surface area contributed by atoms with Crippen LogP contribution in [-0.2, 0) is 0 Å². The summed E-state index contributed by atoms with van der Waals surface area (Å²) in [5.74, 6) is 0. The molecule has 0 saturated heterocycles. The highest BCUT2D eigenvalue weighted by Gasteiger charge is 1.95. The molecule has 0 spiro atoms. The van der Waals surface area contributed by atoms with Crippen molar-refractivity contribution < 1.29 is 0 Å². The van der Waals surface area contributed by atoms with Gasteiger partial charge in [-0.05, 0) is 80.1 Å². The second-order valence-electron chi connectivity index (χ2n) is 6.31. The molecule has 0 aromatic carbocycles. The molecule has 0 unspecified atom stereocenters. The summed E-state index contributed by atoms with van der Waals surface area (Å²) < 4.78 is 0. The SMILES string of the molecule is CC(C)=CCC/C(C)=C/CC/C(C)=C/CC/C(C)=C(/C)Cl. The second-order valence-corrected chi connectivity index (χ2v) is 6.88. The van der Waals surface area contributed by atoms with Crippen LogP contribution in [0.3, 0.4) is 0 Å². The number of allylic oxidation sites excluding steroid dienone is 8. The van der Waals surface area contributed by atoms with E-state index in [2.05, 4.69) is 52.8 Å². The Balaban J connectivity index is 3.99. The fourth-order valence-electron chi connectivity index (χ4n) is 2.05. The molecule has 0 fully saturated rings. The highest BCUT2D eigenvalue weighted by Crippen LogP contribution is 2.16. The average Bonchev–Trinajstić information content (AvgIpc) is 2.37. The third-order valence-corrected chi connectivity index (χ3v) is 4.05. The van der Waals surface area contributed by atoms with Crippen LogP contribution in [0.15, 0.2) is 45.6 Å². The van der Waals surface area contributed by atoms with E-state index in [4.69, 9.17) is 11.6 Å². The van der Waals surface area contributed by atoms with E-state index in [0.29, 0.717) is 0 Å². The molecule has 0 saturated carbocycles. The molecular weight excluding hydrogens is 276 g/mol. The molecule has 0 nitrogen and oxygen atoms in total. The van der Waals surface area contributed by atoms with Crippen LogP contribution >= 0.6 is 11.6 Å². The molecule has 0 aliphatic rings. The fourth-order valence-corrected chi connectivity index (χ4v) is 2.14. The third-order valence-electron chi connectivity index (χ3n) is 3.72. The van der Waals surface area contributed by atoms with Crippen LogP contribution in [0.4, 0.5) is 0 Å². The standard InChI is InChI=1S/C20H33Cl/c1-16(2)10-7-11-17(3)12-8-13-18(4)14-9-15-19(5)20(6)21/h10,12,14H,7-9,11,13,15H2,1-6H3/b17-12+,18-14+,20-19-. The first kappa shape index (κ1) is 20.2. The van der Waals surface area contributed by atoms with Gasteiger partial charge in [0.2, 0.25) is 0 Å². The van der Waals surface area contributed by atoms with Crippen molar-refractivity contribution in [2.45, 2.75) is 80.1 Å². The van der Waals surface area contributed by atoms with Gasteiger partial charge in [-0.15, -0.1) is 0 Å². The van der Waals surface area contributed by atoms with Gasteiger partial charge in [0, 0.05) is 5.03 Å². The number of rotatable bonds is 9. The van der Waals surface area contributed by atoms with E-state index in [9.17, 15) is 0 Å². The molecule has 0 atom stereocenters. The Morgan fingerprint density at radius 3 is 1.52 bits per heavy atom. The largest absolute Gasteiger partial charge is 0.0895 e. The van der Waals surface area contributed by atoms with E-state index < -0.39 is 0 Å². The summed E-state index contributed by atoms with van der Waals surface area (Å²) in [6, 6.07) is 0. The highest BCUT2D eigenvalue weighted by atomic mass is 35.5. The zero-order valence-electron chi connectivity index (χ0n) is 14.9. The van der Waals surface area contributed by atoms with Crippen molar-refractivity contribution in [3.63, 3.8) is 0 Å². The van der Waals surface area contributed by atoms with Crippen molar-refractivity contribution in [1.29, 1.82) is 0 Å². The highest BCUT2D eigenvalue weighted by molar-refractivity contribution is 6.29. The predicted molar refractivity (Wildman–Crippen MR) is 98.9 cm³/mol. The van der Waals surface area contributed by atoms with Crippen molar-refractivity contribution in [1.82, 2.24) is 0 Å². The van der Waals surface area contributed by atoms with E-state index in [0.717, 1.165) is 24.3 Å². The minimum atomic E-state index is 0.941. The van der Waals surface area contributed by atoms with Gasteiger partial charge in [0.25, 0.3) is 0 Å². The molecule has 0 rings (SSSR count). The van der Waals surface area contributed by atoms with E-state index in [-0.39, 0.29) is 0 Å². The molecule has 0 N–H and O–H groups in total. The topological polar surface area (TPSA) is 0 Å². The van der Waals surface area contributed by atoms with Gasteiger partial charge in [0.15, 0.2) is 0 Å². The normalized spacial score (nSPS) is 14.0. The van der Waals surface area contributed by atoms with Crippen molar-refractivity contribution in [2.24, 2.45) is 0 Å². The van der Waals surface area contributed by atoms with Crippen LogP contribution in [0.25, 0.3) is 0 Å². The van der Waals surface area contributed by atoms with Gasteiger partial charge in [0.1, 0.15) is 0 Å². The number of hydrogen-bond donors (Lipinski definition) is 0. The molecule has 0 radical (unpaired) electrons. The molecule has 0 aromatic heterocycles. The van der Waals surface area contributed by atoms with Crippen LogP contribution in [0.5, 0.6) is 0 Å². The smallest absolute Gasteiger partial charge is 0.0139 e. The summed E-state index contributed by atoms with van der Waals surface area (Å²) >= 11 is 5.97. The molecule has 0 aliphatic carbocycles. The molecule has 21 heavy (non-hydrogen) atoms. The van der Waals surface area contributed by atoms with Gasteiger partial charge in [0.05, 0.1) is 0 Å². The first-order valence-electron chi connectivity index (χ1n) is 8.09. The van der Waals surface area contributed by atoms with Gasteiger partial charge in [-0.25, -0.2) is 0 Å². The van der Waals surface area contributed by atoms with Crippen molar-refractivity contribution in [3.05, 3.63) is 45.6 Å². The van der Waals surface area contributed by atoms with Gasteiger partial charge in [-0.3, -0.25) is 0 Å². The van der Waals surface area contributed by atoms with Gasteiger partial charge in [-0.2, -0.15) is 0 Å². The minimum absolute atomic E-state index is 0.941. The van der Waals surface area contributed by atoms with E-state index in [1.165, 1.54) is 41.6 Å². The molecule has 0 aromatic rings. The Kier molecular flexibility index (Phi) is 11.4. The third kappa shape index (κ3) is 12.7. The summed E-state index contributed by atoms with van der Waals surface area (Å²) in [6.07, 6.45) is 13.9. The van der Waals surface area contributed by atoms with E-state index in [1.807, 2.05) is 6.92 Å². The van der Waals surface area contributed by atoms with E-state index >= 15 is 0 Å². The lowest BCUT2D eigenvalue weighted by molar-refractivity contribution is 0.899. The molecule has 0 aliphatic heterocycles. The van der Waals surface area contributed by atoms with Crippen molar-refractivity contribution >= 4 is 11.6 Å². The summed E-state index contributed by atoms with van der Waals surface area (Å²) in [5.41, 5.74) is 5.72. The maximum absolute atomic E-state index is 5.97. The molecule has 120 valence electrons. The Labute approximate surface area is 137 Å². The summed E-state index contributed by atoms with van der Waals surface area (Å²) in [7, 11) is 0. The summed E-state index contributed by atoms with van der Waals surface area (Å²) in [5, 5.41) is 0.941. The van der Waals surface area contributed by atoms with E-state index in [1.54, 1.807) is 0 Å². The lowest BCUT2D eigenvalue weighted by Crippen LogP contribution is -1.82. The predicted octanol–water partition coefficient (Wildman–Crippen LogP) is 7.72.